The van der Waals surface area contributed by atoms with E-state index < -0.39 is 5.41 Å². The van der Waals surface area contributed by atoms with Crippen LogP contribution < -0.4 is 4.90 Å². The Morgan fingerprint density at radius 2 is 2.03 bits per heavy atom. The average molecular weight is 411 g/mol. The summed E-state index contributed by atoms with van der Waals surface area (Å²) in [4.78, 5) is 6.15. The van der Waals surface area contributed by atoms with Gasteiger partial charge in [-0.25, -0.2) is 0 Å². The molecule has 1 saturated heterocycles. The fourth-order valence-corrected chi connectivity index (χ4v) is 3.77. The van der Waals surface area contributed by atoms with Crippen LogP contribution in [0.1, 0.15) is 24.2 Å². The van der Waals surface area contributed by atoms with Gasteiger partial charge in [0.15, 0.2) is 17.3 Å². The van der Waals surface area contributed by atoms with Gasteiger partial charge in [0.2, 0.25) is 0 Å². The van der Waals surface area contributed by atoms with Crippen LogP contribution in [0.4, 0.5) is 5.82 Å². The number of anilines is 1. The number of hydrogen-bond acceptors (Lipinski definition) is 8. The highest BCUT2D eigenvalue weighted by molar-refractivity contribution is 6.30. The van der Waals surface area contributed by atoms with Crippen LogP contribution in [0.3, 0.4) is 0 Å². The summed E-state index contributed by atoms with van der Waals surface area (Å²) in [6.45, 7) is 1.15. The zero-order valence-electron chi connectivity index (χ0n) is 15.6. The number of hydrogen-bond donors (Lipinski definition) is 1. The Balaban J connectivity index is 1.42. The number of nitriles is 1. The molecule has 2 aromatic heterocycles. The Morgan fingerprint density at radius 3 is 2.66 bits per heavy atom. The molecule has 0 radical (unpaired) electrons. The normalized spacial score (nSPS) is 15.8. The number of nitrogens with zero attached hydrogens (tertiary/aromatic N) is 6. The number of aliphatic hydroxyl groups is 1. The predicted molar refractivity (Wildman–Crippen MR) is 106 cm³/mol. The Bertz CT molecular complexity index is 1020. The second-order valence-corrected chi connectivity index (χ2v) is 7.57. The van der Waals surface area contributed by atoms with Crippen LogP contribution in [0.15, 0.2) is 40.9 Å². The maximum atomic E-state index is 9.84. The molecule has 3 aromatic rings. The molecule has 0 saturated carbocycles. The highest BCUT2D eigenvalue weighted by Gasteiger charge is 2.35. The molecule has 1 aliphatic heterocycles. The van der Waals surface area contributed by atoms with Gasteiger partial charge in [0.25, 0.3) is 5.89 Å². The number of rotatable bonds is 5. The summed E-state index contributed by atoms with van der Waals surface area (Å²) < 4.78 is 5.05. The summed E-state index contributed by atoms with van der Waals surface area (Å²) in [6.07, 6.45) is 2.17. The van der Waals surface area contributed by atoms with Gasteiger partial charge in [-0.05, 0) is 49.1 Å². The van der Waals surface area contributed by atoms with Crippen LogP contribution in [0.5, 0.6) is 0 Å². The summed E-state index contributed by atoms with van der Waals surface area (Å²) in [5.41, 5.74) is 1.13. The summed E-state index contributed by atoms with van der Waals surface area (Å²) in [6, 6.07) is 13.9. The van der Waals surface area contributed by atoms with Crippen molar-refractivity contribution in [3.8, 4) is 17.7 Å². The van der Waals surface area contributed by atoms with Gasteiger partial charge < -0.3 is 14.5 Å². The van der Waals surface area contributed by atoms with Gasteiger partial charge in [-0.15, -0.1) is 10.2 Å². The lowest BCUT2D eigenvalue weighted by Gasteiger charge is -2.37. The number of aliphatic hydroxyl groups excluding tert-OH is 1. The van der Waals surface area contributed by atoms with Crippen LogP contribution in [0.25, 0.3) is 11.6 Å². The van der Waals surface area contributed by atoms with E-state index in [0.717, 1.165) is 37.3 Å². The smallest absolute Gasteiger partial charge is 0.278 e. The molecule has 4 rings (SSSR count). The third-order valence-electron chi connectivity index (χ3n) is 5.19. The lowest BCUT2D eigenvalue weighted by molar-refractivity contribution is 0.264. The van der Waals surface area contributed by atoms with Gasteiger partial charge >= 0.3 is 0 Å². The molecule has 0 spiro atoms. The topological polar surface area (TPSA) is 112 Å². The van der Waals surface area contributed by atoms with Crippen LogP contribution in [-0.4, -0.2) is 38.5 Å². The molecule has 0 bridgehead atoms. The zero-order chi connectivity index (χ0) is 20.3. The average Bonchev–Trinajstić information content (AvgIpc) is 3.24. The van der Waals surface area contributed by atoms with E-state index in [1.54, 1.807) is 6.07 Å². The quantitative estimate of drug-likeness (QED) is 0.683. The van der Waals surface area contributed by atoms with E-state index in [0.29, 0.717) is 17.1 Å². The van der Waals surface area contributed by atoms with Gasteiger partial charge in [-0.1, -0.05) is 28.9 Å². The second-order valence-electron chi connectivity index (χ2n) is 7.14. The fourth-order valence-electron chi connectivity index (χ4n) is 3.56. The van der Waals surface area contributed by atoms with Crippen LogP contribution >= 0.6 is 11.6 Å². The maximum absolute atomic E-state index is 9.84. The lowest BCUT2D eigenvalue weighted by atomic mass is 9.75. The summed E-state index contributed by atoms with van der Waals surface area (Å²) in [7, 11) is 0. The van der Waals surface area contributed by atoms with Crippen molar-refractivity contribution in [2.24, 2.45) is 5.41 Å². The SMILES string of the molecule is N#CC1(Cc2cccc(Cl)c2)CCN(c2ccc(-c3nc(CO)no3)nn2)CC1. The van der Waals surface area contributed by atoms with Crippen molar-refractivity contribution in [3.63, 3.8) is 0 Å². The standard InChI is InChI=1S/C20H19ClN6O2/c21-15-3-1-2-14(10-15)11-20(13-22)6-8-27(9-7-20)18-5-4-16(24-25-18)19-23-17(12-28)26-29-19/h1-5,10,28H,6-9,11-12H2. The van der Waals surface area contributed by atoms with Crippen LogP contribution in [0.2, 0.25) is 5.02 Å². The molecule has 1 aliphatic rings. The first-order valence-electron chi connectivity index (χ1n) is 9.29. The zero-order valence-corrected chi connectivity index (χ0v) is 16.4. The maximum Gasteiger partial charge on any atom is 0.278 e. The molecule has 29 heavy (non-hydrogen) atoms. The van der Waals surface area contributed by atoms with E-state index in [-0.39, 0.29) is 18.3 Å². The summed E-state index contributed by atoms with van der Waals surface area (Å²) >= 11 is 6.09. The van der Waals surface area contributed by atoms with Crippen LogP contribution in [0, 0.1) is 16.7 Å². The number of halogens is 1. The molecule has 9 heteroatoms. The van der Waals surface area contributed by atoms with Crippen molar-refractivity contribution < 1.29 is 9.63 Å². The van der Waals surface area contributed by atoms with Gasteiger partial charge in [-0.2, -0.15) is 10.2 Å². The molecule has 1 N–H and O–H groups in total. The molecular formula is C20H19ClN6O2. The third kappa shape index (κ3) is 4.21. The molecule has 1 fully saturated rings. The molecule has 0 unspecified atom stereocenters. The summed E-state index contributed by atoms with van der Waals surface area (Å²) in [5.74, 6) is 1.16. The highest BCUT2D eigenvalue weighted by Crippen LogP contribution is 2.36. The van der Waals surface area contributed by atoms with E-state index in [1.165, 1.54) is 0 Å². The highest BCUT2D eigenvalue weighted by atomic mass is 35.5. The van der Waals surface area contributed by atoms with Crippen molar-refractivity contribution in [3.05, 3.63) is 52.8 Å². The van der Waals surface area contributed by atoms with E-state index in [4.69, 9.17) is 21.2 Å². The van der Waals surface area contributed by atoms with E-state index in [2.05, 4.69) is 31.3 Å². The number of piperidine rings is 1. The van der Waals surface area contributed by atoms with E-state index in [9.17, 15) is 5.26 Å². The molecule has 8 nitrogen and oxygen atoms in total. The molecule has 0 atom stereocenters. The van der Waals surface area contributed by atoms with Gasteiger partial charge in [0, 0.05) is 18.1 Å². The first kappa shape index (κ1) is 19.3. The molecule has 0 amide bonds. The van der Waals surface area contributed by atoms with Crippen molar-refractivity contribution in [1.82, 2.24) is 20.3 Å². The first-order valence-corrected chi connectivity index (χ1v) is 9.67. The van der Waals surface area contributed by atoms with E-state index >= 15 is 0 Å². The van der Waals surface area contributed by atoms with Crippen molar-refractivity contribution in [2.75, 3.05) is 18.0 Å². The second kappa shape index (κ2) is 8.15. The Labute approximate surface area is 172 Å². The Hall–Kier alpha value is -3.02. The Morgan fingerprint density at radius 1 is 1.21 bits per heavy atom. The largest absolute Gasteiger partial charge is 0.388 e. The Kier molecular flexibility index (Phi) is 5.43. The molecule has 3 heterocycles. The predicted octanol–water partition coefficient (Wildman–Crippen LogP) is 3.03. The number of benzene rings is 1. The minimum atomic E-state index is -0.404. The fraction of sp³-hybridized carbons (Fsp3) is 0.350. The minimum absolute atomic E-state index is 0.203. The van der Waals surface area contributed by atoms with Crippen LogP contribution in [-0.2, 0) is 13.0 Å². The minimum Gasteiger partial charge on any atom is -0.388 e. The van der Waals surface area contributed by atoms with Crippen molar-refractivity contribution in [2.45, 2.75) is 25.9 Å². The van der Waals surface area contributed by atoms with Gasteiger partial charge in [-0.3, -0.25) is 0 Å². The lowest BCUT2D eigenvalue weighted by Crippen LogP contribution is -2.41. The van der Waals surface area contributed by atoms with Crippen molar-refractivity contribution in [1.29, 1.82) is 5.26 Å². The molecule has 148 valence electrons. The molecule has 1 aromatic carbocycles. The third-order valence-corrected chi connectivity index (χ3v) is 5.43. The van der Waals surface area contributed by atoms with Crippen molar-refractivity contribution >= 4 is 17.4 Å². The monoisotopic (exact) mass is 410 g/mol. The van der Waals surface area contributed by atoms with Gasteiger partial charge in [0.05, 0.1) is 11.5 Å². The molecular weight excluding hydrogens is 392 g/mol. The van der Waals surface area contributed by atoms with Gasteiger partial charge in [0.1, 0.15) is 6.61 Å². The first-order chi connectivity index (χ1) is 14.1. The number of aromatic nitrogens is 4. The summed E-state index contributed by atoms with van der Waals surface area (Å²) in [5, 5.41) is 31.6. The molecule has 0 aliphatic carbocycles. The van der Waals surface area contributed by atoms with E-state index in [1.807, 2.05) is 30.3 Å².